The molecule has 2 saturated carbocycles. The van der Waals surface area contributed by atoms with Gasteiger partial charge in [0.15, 0.2) is 0 Å². The summed E-state index contributed by atoms with van der Waals surface area (Å²) in [6, 6.07) is 3.21. The van der Waals surface area contributed by atoms with Gasteiger partial charge in [-0.05, 0) is 37.5 Å². The van der Waals surface area contributed by atoms with Crippen LogP contribution < -0.4 is 4.74 Å². The van der Waals surface area contributed by atoms with Gasteiger partial charge < -0.3 is 9.64 Å². The number of nitrogens with zero attached hydrogens (tertiary/aromatic N) is 1. The van der Waals surface area contributed by atoms with Crippen LogP contribution in [-0.2, 0) is 4.79 Å². The van der Waals surface area contributed by atoms with Crippen LogP contribution in [0.2, 0.25) is 0 Å². The van der Waals surface area contributed by atoms with Gasteiger partial charge in [0.05, 0.1) is 6.54 Å². The van der Waals surface area contributed by atoms with Gasteiger partial charge in [-0.15, -0.1) is 0 Å². The molecule has 1 heterocycles. The highest BCUT2D eigenvalue weighted by Crippen LogP contribution is 2.42. The second-order valence-electron chi connectivity index (χ2n) is 8.22. The van der Waals surface area contributed by atoms with Crippen LogP contribution in [0.5, 0.6) is 5.75 Å². The summed E-state index contributed by atoms with van der Waals surface area (Å²) in [5, 5.41) is 0. The summed E-state index contributed by atoms with van der Waals surface area (Å²) in [7, 11) is 0. The SMILES string of the molecule is O=C(C1CCC(C2CCC2)CC1)N1CCC(Oc2cc(F)cc(F)c2)C1. The van der Waals surface area contributed by atoms with Gasteiger partial charge in [-0.2, -0.15) is 0 Å². The summed E-state index contributed by atoms with van der Waals surface area (Å²) >= 11 is 0. The van der Waals surface area contributed by atoms with Crippen LogP contribution in [0.3, 0.4) is 0 Å². The van der Waals surface area contributed by atoms with E-state index in [-0.39, 0.29) is 23.7 Å². The first-order valence-corrected chi connectivity index (χ1v) is 10.00. The molecular weight excluding hydrogens is 336 g/mol. The van der Waals surface area contributed by atoms with Crippen molar-refractivity contribution in [3.63, 3.8) is 0 Å². The highest BCUT2D eigenvalue weighted by atomic mass is 19.1. The van der Waals surface area contributed by atoms with E-state index in [2.05, 4.69) is 0 Å². The Kier molecular flexibility index (Phi) is 5.14. The van der Waals surface area contributed by atoms with Gasteiger partial charge in [-0.1, -0.05) is 19.3 Å². The molecule has 0 N–H and O–H groups in total. The Bertz CT molecular complexity index is 633. The summed E-state index contributed by atoms with van der Waals surface area (Å²) in [6.07, 6.45) is 9.08. The number of benzene rings is 1. The molecule has 1 unspecified atom stereocenters. The molecule has 1 saturated heterocycles. The Labute approximate surface area is 153 Å². The topological polar surface area (TPSA) is 29.5 Å². The molecule has 1 aromatic rings. The van der Waals surface area contributed by atoms with Crippen molar-refractivity contribution >= 4 is 5.91 Å². The van der Waals surface area contributed by atoms with Crippen LogP contribution in [0.25, 0.3) is 0 Å². The zero-order valence-electron chi connectivity index (χ0n) is 15.1. The van der Waals surface area contributed by atoms with E-state index in [4.69, 9.17) is 4.74 Å². The van der Waals surface area contributed by atoms with E-state index in [9.17, 15) is 13.6 Å². The van der Waals surface area contributed by atoms with Gasteiger partial charge in [0.25, 0.3) is 0 Å². The zero-order chi connectivity index (χ0) is 18.1. The molecular formula is C21H27F2NO2. The molecule has 3 fully saturated rings. The number of rotatable bonds is 4. The standard InChI is InChI=1S/C21H27F2NO2/c22-17-10-18(23)12-20(11-17)26-19-8-9-24(13-19)21(25)16-6-4-15(5-7-16)14-2-1-3-14/h10-12,14-16,19H,1-9,13H2. The fraction of sp³-hybridized carbons (Fsp3) is 0.667. The third-order valence-corrected chi connectivity index (χ3v) is 6.53. The number of carbonyl (C=O) groups excluding carboxylic acids is 1. The first kappa shape index (κ1) is 17.7. The molecule has 1 aliphatic heterocycles. The van der Waals surface area contributed by atoms with Crippen molar-refractivity contribution in [3.8, 4) is 5.75 Å². The Hall–Kier alpha value is -1.65. The Morgan fingerprint density at radius 2 is 1.58 bits per heavy atom. The molecule has 26 heavy (non-hydrogen) atoms. The first-order valence-electron chi connectivity index (χ1n) is 10.00. The van der Waals surface area contributed by atoms with Gasteiger partial charge >= 0.3 is 0 Å². The van der Waals surface area contributed by atoms with E-state index in [0.29, 0.717) is 19.5 Å². The van der Waals surface area contributed by atoms with E-state index in [1.807, 2.05) is 4.90 Å². The first-order chi connectivity index (χ1) is 12.6. The molecule has 3 nitrogen and oxygen atoms in total. The average molecular weight is 363 g/mol. The van der Waals surface area contributed by atoms with Gasteiger partial charge in [-0.25, -0.2) is 8.78 Å². The monoisotopic (exact) mass is 363 g/mol. The number of amides is 1. The smallest absolute Gasteiger partial charge is 0.225 e. The lowest BCUT2D eigenvalue weighted by molar-refractivity contribution is -0.136. The second-order valence-corrected chi connectivity index (χ2v) is 8.22. The van der Waals surface area contributed by atoms with Gasteiger partial charge in [0.2, 0.25) is 5.91 Å². The molecule has 1 aromatic carbocycles. The van der Waals surface area contributed by atoms with Crippen LogP contribution in [0.1, 0.15) is 51.4 Å². The fourth-order valence-corrected chi connectivity index (χ4v) is 4.82. The summed E-state index contributed by atoms with van der Waals surface area (Å²) < 4.78 is 32.3. The lowest BCUT2D eigenvalue weighted by Gasteiger charge is -2.38. The number of hydrogen-bond acceptors (Lipinski definition) is 2. The molecule has 4 rings (SSSR count). The van der Waals surface area contributed by atoms with Crippen LogP contribution in [-0.4, -0.2) is 30.0 Å². The minimum atomic E-state index is -0.644. The molecule has 0 bridgehead atoms. The lowest BCUT2D eigenvalue weighted by atomic mass is 9.68. The third kappa shape index (κ3) is 3.86. The molecule has 0 radical (unpaired) electrons. The summed E-state index contributed by atoms with van der Waals surface area (Å²) in [5.41, 5.74) is 0. The van der Waals surface area contributed by atoms with Gasteiger partial charge in [0.1, 0.15) is 23.5 Å². The Morgan fingerprint density at radius 1 is 0.923 bits per heavy atom. The van der Waals surface area contributed by atoms with Crippen molar-refractivity contribution in [2.24, 2.45) is 17.8 Å². The lowest BCUT2D eigenvalue weighted by Crippen LogP contribution is -2.38. The molecule has 1 atom stereocenters. The predicted octanol–water partition coefficient (Wildman–Crippen LogP) is 4.55. The maximum Gasteiger partial charge on any atom is 0.225 e. The zero-order valence-corrected chi connectivity index (χ0v) is 15.1. The maximum atomic E-state index is 13.3. The molecule has 3 aliphatic rings. The normalized spacial score (nSPS) is 29.5. The van der Waals surface area contributed by atoms with Crippen molar-refractivity contribution in [1.29, 1.82) is 0 Å². The van der Waals surface area contributed by atoms with Gasteiger partial charge in [-0.3, -0.25) is 4.79 Å². The average Bonchev–Trinajstić information content (AvgIpc) is 3.01. The summed E-state index contributed by atoms with van der Waals surface area (Å²) in [6.45, 7) is 1.18. The van der Waals surface area contributed by atoms with E-state index < -0.39 is 11.6 Å². The molecule has 1 amide bonds. The molecule has 0 spiro atoms. The van der Waals surface area contributed by atoms with E-state index in [1.165, 1.54) is 44.2 Å². The van der Waals surface area contributed by atoms with Crippen molar-refractivity contribution in [3.05, 3.63) is 29.8 Å². The van der Waals surface area contributed by atoms with Crippen molar-refractivity contribution in [1.82, 2.24) is 4.90 Å². The van der Waals surface area contributed by atoms with E-state index in [1.54, 1.807) is 0 Å². The third-order valence-electron chi connectivity index (χ3n) is 6.53. The van der Waals surface area contributed by atoms with Crippen molar-refractivity contribution in [2.45, 2.75) is 57.5 Å². The van der Waals surface area contributed by atoms with Crippen LogP contribution >= 0.6 is 0 Å². The number of ether oxygens (including phenoxy) is 1. The Morgan fingerprint density at radius 3 is 2.19 bits per heavy atom. The van der Waals surface area contributed by atoms with Gasteiger partial charge in [0, 0.05) is 37.1 Å². The largest absolute Gasteiger partial charge is 0.488 e. The highest BCUT2D eigenvalue weighted by molar-refractivity contribution is 5.79. The van der Waals surface area contributed by atoms with E-state index in [0.717, 1.165) is 30.7 Å². The second kappa shape index (κ2) is 7.53. The van der Waals surface area contributed by atoms with Crippen LogP contribution in [0.15, 0.2) is 18.2 Å². The summed E-state index contributed by atoms with van der Waals surface area (Å²) in [5.74, 6) is 1.06. The number of likely N-dealkylation sites (tertiary alicyclic amines) is 1. The predicted molar refractivity (Wildman–Crippen MR) is 94.8 cm³/mol. The molecule has 0 aromatic heterocycles. The molecule has 2 aliphatic carbocycles. The number of halogens is 2. The highest BCUT2D eigenvalue weighted by Gasteiger charge is 2.36. The van der Waals surface area contributed by atoms with Crippen LogP contribution in [0.4, 0.5) is 8.78 Å². The minimum absolute atomic E-state index is 0.150. The van der Waals surface area contributed by atoms with Crippen LogP contribution in [0, 0.1) is 29.4 Å². The maximum absolute atomic E-state index is 13.3. The van der Waals surface area contributed by atoms with E-state index >= 15 is 0 Å². The molecule has 5 heteroatoms. The van der Waals surface area contributed by atoms with Crippen molar-refractivity contribution < 1.29 is 18.3 Å². The summed E-state index contributed by atoms with van der Waals surface area (Å²) in [4.78, 5) is 14.7. The Balaban J connectivity index is 1.27. The van der Waals surface area contributed by atoms with Crippen molar-refractivity contribution in [2.75, 3.05) is 13.1 Å². The minimum Gasteiger partial charge on any atom is -0.488 e. The molecule has 142 valence electrons. The number of hydrogen-bond donors (Lipinski definition) is 0. The quantitative estimate of drug-likeness (QED) is 0.785. The fourth-order valence-electron chi connectivity index (χ4n) is 4.82. The number of carbonyl (C=O) groups is 1.